The first-order valence-electron chi connectivity index (χ1n) is 8.67. The van der Waals surface area contributed by atoms with Crippen LogP contribution in [0.2, 0.25) is 0 Å². The first-order chi connectivity index (χ1) is 11.0. The van der Waals surface area contributed by atoms with Crippen LogP contribution in [0.25, 0.3) is 11.2 Å². The van der Waals surface area contributed by atoms with Gasteiger partial charge in [0, 0.05) is 17.5 Å². The molecule has 2 nitrogen and oxygen atoms in total. The Morgan fingerprint density at radius 2 is 1.52 bits per heavy atom. The topological polar surface area (TPSA) is 8.29 Å². The van der Waals surface area contributed by atoms with Crippen molar-refractivity contribution in [1.82, 2.24) is 4.40 Å². The minimum Gasteiger partial charge on any atom is -0.201 e. The van der Waals surface area contributed by atoms with Crippen molar-refractivity contribution in [3.63, 3.8) is 0 Å². The van der Waals surface area contributed by atoms with Crippen molar-refractivity contribution in [3.05, 3.63) is 65.7 Å². The molecule has 1 aromatic carbocycles. The Morgan fingerprint density at radius 1 is 0.913 bits per heavy atom. The highest BCUT2D eigenvalue weighted by Gasteiger charge is 2.21. The quantitative estimate of drug-likeness (QED) is 0.598. The number of fused-ring (bicyclic) bond motifs is 1. The monoisotopic (exact) mass is 307 g/mol. The summed E-state index contributed by atoms with van der Waals surface area (Å²) in [5, 5.41) is 0. The second-order valence-corrected chi connectivity index (χ2v) is 6.91. The summed E-state index contributed by atoms with van der Waals surface area (Å²) in [5.41, 5.74) is 6.76. The molecule has 0 aliphatic rings. The molecule has 3 rings (SSSR count). The number of para-hydroxylation sites is 1. The molecule has 120 valence electrons. The highest BCUT2D eigenvalue weighted by Crippen LogP contribution is 2.28. The first kappa shape index (κ1) is 15.8. The summed E-state index contributed by atoms with van der Waals surface area (Å²) in [7, 11) is 0. The number of aryl methyl sites for hydroxylation is 1. The van der Waals surface area contributed by atoms with Crippen molar-refractivity contribution in [1.29, 1.82) is 0 Å². The average molecular weight is 307 g/mol. The molecule has 0 fully saturated rings. The smallest absolute Gasteiger partial charge is 0.201 e. The van der Waals surface area contributed by atoms with E-state index >= 15 is 0 Å². The Labute approximate surface area is 139 Å². The molecule has 0 aliphatic carbocycles. The van der Waals surface area contributed by atoms with Crippen molar-refractivity contribution in [2.45, 2.75) is 52.9 Å². The number of nitrogens with zero attached hydrogens (tertiary/aromatic N) is 2. The summed E-state index contributed by atoms with van der Waals surface area (Å²) in [4.78, 5) is 0. The van der Waals surface area contributed by atoms with Crippen molar-refractivity contribution in [2.24, 2.45) is 0 Å². The lowest BCUT2D eigenvalue weighted by Gasteiger charge is -2.16. The predicted octanol–water partition coefficient (Wildman–Crippen LogP) is 5.03. The van der Waals surface area contributed by atoms with Gasteiger partial charge in [-0.05, 0) is 24.0 Å². The van der Waals surface area contributed by atoms with Crippen LogP contribution in [0.5, 0.6) is 0 Å². The Balaban J connectivity index is 2.29. The van der Waals surface area contributed by atoms with Crippen LogP contribution in [-0.4, -0.2) is 4.40 Å². The van der Waals surface area contributed by atoms with E-state index in [0.29, 0.717) is 11.8 Å². The maximum Gasteiger partial charge on any atom is 0.254 e. The standard InChI is InChI=1S/C21H27N2/c1-6-17-9-7-10-18-13-22(14-23(17)18)21-19(15(2)3)11-8-12-20(21)16(4)5/h7-16H,6H2,1-5H3/q+1. The third-order valence-corrected chi connectivity index (χ3v) is 4.62. The molecule has 0 bridgehead atoms. The molecule has 0 aliphatic heterocycles. The van der Waals surface area contributed by atoms with Gasteiger partial charge >= 0.3 is 0 Å². The zero-order valence-corrected chi connectivity index (χ0v) is 14.9. The van der Waals surface area contributed by atoms with E-state index in [1.54, 1.807) is 0 Å². The van der Waals surface area contributed by atoms with Crippen LogP contribution >= 0.6 is 0 Å². The van der Waals surface area contributed by atoms with Crippen LogP contribution in [-0.2, 0) is 6.42 Å². The fourth-order valence-corrected chi connectivity index (χ4v) is 3.35. The Hall–Kier alpha value is -2.09. The van der Waals surface area contributed by atoms with Crippen LogP contribution in [0.3, 0.4) is 0 Å². The fraction of sp³-hybridized carbons (Fsp3) is 0.381. The summed E-state index contributed by atoms with van der Waals surface area (Å²) in [6, 6.07) is 13.3. The summed E-state index contributed by atoms with van der Waals surface area (Å²) < 4.78 is 4.63. The van der Waals surface area contributed by atoms with E-state index in [1.807, 2.05) is 0 Å². The number of hydrogen-bond acceptors (Lipinski definition) is 0. The lowest BCUT2D eigenvalue weighted by Crippen LogP contribution is -2.31. The van der Waals surface area contributed by atoms with Crippen LogP contribution in [0.4, 0.5) is 0 Å². The number of rotatable bonds is 4. The van der Waals surface area contributed by atoms with Gasteiger partial charge in [-0.2, -0.15) is 4.40 Å². The van der Waals surface area contributed by atoms with Crippen LogP contribution < -0.4 is 4.57 Å². The van der Waals surface area contributed by atoms with E-state index in [9.17, 15) is 0 Å². The van der Waals surface area contributed by atoms with Gasteiger partial charge in [0.15, 0.2) is 5.52 Å². The third kappa shape index (κ3) is 2.78. The fourth-order valence-electron chi connectivity index (χ4n) is 3.35. The molecular formula is C21H27N2+. The van der Waals surface area contributed by atoms with Gasteiger partial charge in [-0.3, -0.25) is 0 Å². The number of pyridine rings is 1. The second-order valence-electron chi connectivity index (χ2n) is 6.91. The van der Waals surface area contributed by atoms with Crippen molar-refractivity contribution < 1.29 is 4.57 Å². The Bertz CT molecular complexity index is 799. The Kier molecular flexibility index (Phi) is 4.25. The van der Waals surface area contributed by atoms with Gasteiger partial charge in [0.1, 0.15) is 17.6 Å². The van der Waals surface area contributed by atoms with E-state index in [1.165, 1.54) is 28.0 Å². The summed E-state index contributed by atoms with van der Waals surface area (Å²) in [6.45, 7) is 11.3. The van der Waals surface area contributed by atoms with E-state index < -0.39 is 0 Å². The van der Waals surface area contributed by atoms with Gasteiger partial charge in [-0.1, -0.05) is 58.9 Å². The average Bonchev–Trinajstić information content (AvgIpc) is 2.97. The molecule has 0 spiro atoms. The van der Waals surface area contributed by atoms with Crippen molar-refractivity contribution >= 4 is 5.52 Å². The Morgan fingerprint density at radius 3 is 2.09 bits per heavy atom. The normalized spacial score (nSPS) is 11.8. The molecule has 2 aromatic heterocycles. The lowest BCUT2D eigenvalue weighted by atomic mass is 9.92. The maximum absolute atomic E-state index is 2.32. The predicted molar refractivity (Wildman–Crippen MR) is 96.5 cm³/mol. The highest BCUT2D eigenvalue weighted by molar-refractivity contribution is 5.48. The van der Waals surface area contributed by atoms with Crippen LogP contribution in [0, 0.1) is 0 Å². The molecule has 23 heavy (non-hydrogen) atoms. The highest BCUT2D eigenvalue weighted by atomic mass is 15.1. The third-order valence-electron chi connectivity index (χ3n) is 4.62. The summed E-state index contributed by atoms with van der Waals surface area (Å²) in [6.07, 6.45) is 5.53. The molecule has 0 N–H and O–H groups in total. The molecular weight excluding hydrogens is 280 g/mol. The molecule has 0 saturated heterocycles. The molecule has 0 amide bonds. The molecule has 0 radical (unpaired) electrons. The van der Waals surface area contributed by atoms with Gasteiger partial charge in [0.25, 0.3) is 6.33 Å². The van der Waals surface area contributed by atoms with E-state index in [0.717, 1.165) is 6.42 Å². The maximum atomic E-state index is 2.32. The largest absolute Gasteiger partial charge is 0.254 e. The van der Waals surface area contributed by atoms with Crippen LogP contribution in [0.15, 0.2) is 48.9 Å². The number of aromatic nitrogens is 2. The van der Waals surface area contributed by atoms with Crippen molar-refractivity contribution in [3.8, 4) is 5.69 Å². The zero-order valence-electron chi connectivity index (χ0n) is 14.9. The summed E-state index contributed by atoms with van der Waals surface area (Å²) >= 11 is 0. The minimum atomic E-state index is 0.504. The molecule has 0 atom stereocenters. The number of hydrogen-bond donors (Lipinski definition) is 0. The van der Waals surface area contributed by atoms with Gasteiger partial charge in [0.05, 0.1) is 0 Å². The van der Waals surface area contributed by atoms with Crippen molar-refractivity contribution in [2.75, 3.05) is 0 Å². The molecule has 0 unspecified atom stereocenters. The number of benzene rings is 1. The molecule has 0 saturated carbocycles. The lowest BCUT2D eigenvalue weighted by molar-refractivity contribution is -0.595. The molecule has 2 heterocycles. The van der Waals surface area contributed by atoms with Gasteiger partial charge in [-0.25, -0.2) is 4.57 Å². The van der Waals surface area contributed by atoms with E-state index in [2.05, 4.69) is 92.5 Å². The van der Waals surface area contributed by atoms with Gasteiger partial charge in [0.2, 0.25) is 0 Å². The van der Waals surface area contributed by atoms with Crippen LogP contribution in [0.1, 0.15) is 63.3 Å². The molecule has 3 aromatic rings. The first-order valence-corrected chi connectivity index (χ1v) is 8.67. The van der Waals surface area contributed by atoms with Gasteiger partial charge < -0.3 is 0 Å². The molecule has 2 heteroatoms. The second kappa shape index (κ2) is 6.19. The van der Waals surface area contributed by atoms with E-state index in [-0.39, 0.29) is 0 Å². The minimum absolute atomic E-state index is 0.504. The zero-order chi connectivity index (χ0) is 16.6. The summed E-state index contributed by atoms with van der Waals surface area (Å²) in [5.74, 6) is 1.01. The SMILES string of the molecule is CCc1cccc2c[n+](-c3c(C(C)C)cccc3C(C)C)cn12. The van der Waals surface area contributed by atoms with Gasteiger partial charge in [-0.15, -0.1) is 0 Å². The number of imidazole rings is 1. The van der Waals surface area contributed by atoms with E-state index in [4.69, 9.17) is 0 Å².